The van der Waals surface area contributed by atoms with Crippen LogP contribution >= 0.6 is 11.3 Å². The molecule has 1 aromatic carbocycles. The molecule has 3 N–H and O–H groups in total. The van der Waals surface area contributed by atoms with Gasteiger partial charge in [-0.15, -0.1) is 11.3 Å². The van der Waals surface area contributed by atoms with Crippen LogP contribution in [0.5, 0.6) is 0 Å². The SMILES string of the molecule is NC(=O)CC(Cc1cc(-c2ccc3[nH]ccc3c2)cs1)N1CCCC1. The molecule has 1 fully saturated rings. The van der Waals surface area contributed by atoms with E-state index in [0.717, 1.165) is 25.0 Å². The summed E-state index contributed by atoms with van der Waals surface area (Å²) in [5.74, 6) is -0.202. The lowest BCUT2D eigenvalue weighted by Crippen LogP contribution is -2.37. The number of benzene rings is 1. The Morgan fingerprint density at radius 2 is 2.04 bits per heavy atom. The number of primary amides is 1. The predicted octanol–water partition coefficient (Wildman–Crippen LogP) is 3.78. The van der Waals surface area contributed by atoms with E-state index in [1.165, 1.54) is 34.2 Å². The van der Waals surface area contributed by atoms with Crippen molar-refractivity contribution in [2.75, 3.05) is 13.1 Å². The molecule has 0 aliphatic carbocycles. The molecule has 1 aliphatic heterocycles. The zero-order chi connectivity index (χ0) is 17.2. The van der Waals surface area contributed by atoms with Crippen LogP contribution in [-0.4, -0.2) is 34.9 Å². The van der Waals surface area contributed by atoms with E-state index in [2.05, 4.69) is 45.6 Å². The van der Waals surface area contributed by atoms with Crippen LogP contribution in [0.2, 0.25) is 0 Å². The average molecular weight is 353 g/mol. The van der Waals surface area contributed by atoms with Crippen molar-refractivity contribution in [3.8, 4) is 11.1 Å². The molecule has 0 bridgehead atoms. The highest BCUT2D eigenvalue weighted by Crippen LogP contribution is 2.30. The van der Waals surface area contributed by atoms with Gasteiger partial charge in [0.25, 0.3) is 0 Å². The van der Waals surface area contributed by atoms with Crippen LogP contribution in [0, 0.1) is 0 Å². The lowest BCUT2D eigenvalue weighted by Gasteiger charge is -2.26. The third-order valence-electron chi connectivity index (χ3n) is 5.07. The van der Waals surface area contributed by atoms with Crippen LogP contribution in [0.1, 0.15) is 24.1 Å². The largest absolute Gasteiger partial charge is 0.370 e. The number of rotatable bonds is 6. The number of aromatic amines is 1. The summed E-state index contributed by atoms with van der Waals surface area (Å²) in [4.78, 5) is 18.5. The molecule has 1 unspecified atom stereocenters. The number of nitrogens with two attached hydrogens (primary N) is 1. The number of likely N-dealkylation sites (tertiary alicyclic amines) is 1. The van der Waals surface area contributed by atoms with E-state index >= 15 is 0 Å². The number of H-pyrrole nitrogens is 1. The molecule has 0 radical (unpaired) electrons. The van der Waals surface area contributed by atoms with Crippen LogP contribution in [-0.2, 0) is 11.2 Å². The number of thiophene rings is 1. The van der Waals surface area contributed by atoms with Crippen molar-refractivity contribution in [1.82, 2.24) is 9.88 Å². The molecular weight excluding hydrogens is 330 g/mol. The fraction of sp³-hybridized carbons (Fsp3) is 0.350. The molecule has 4 nitrogen and oxygen atoms in total. The summed E-state index contributed by atoms with van der Waals surface area (Å²) in [6.45, 7) is 2.17. The molecule has 1 saturated heterocycles. The van der Waals surface area contributed by atoms with Gasteiger partial charge >= 0.3 is 0 Å². The smallest absolute Gasteiger partial charge is 0.219 e. The molecule has 2 aromatic heterocycles. The van der Waals surface area contributed by atoms with Gasteiger partial charge in [-0.3, -0.25) is 9.69 Å². The summed E-state index contributed by atoms with van der Waals surface area (Å²) in [6.07, 6.45) is 5.77. The van der Waals surface area contributed by atoms with E-state index in [9.17, 15) is 4.79 Å². The van der Waals surface area contributed by atoms with Crippen LogP contribution in [0.4, 0.5) is 0 Å². The summed E-state index contributed by atoms with van der Waals surface area (Å²) >= 11 is 1.78. The van der Waals surface area contributed by atoms with Crippen molar-refractivity contribution in [3.63, 3.8) is 0 Å². The van der Waals surface area contributed by atoms with E-state index < -0.39 is 0 Å². The van der Waals surface area contributed by atoms with Crippen LogP contribution in [0.3, 0.4) is 0 Å². The van der Waals surface area contributed by atoms with Gasteiger partial charge < -0.3 is 10.7 Å². The number of nitrogens with one attached hydrogen (secondary N) is 1. The average Bonchev–Trinajstić information content (AvgIpc) is 3.34. The highest BCUT2D eigenvalue weighted by molar-refractivity contribution is 7.10. The normalized spacial score (nSPS) is 16.5. The first kappa shape index (κ1) is 16.4. The summed E-state index contributed by atoms with van der Waals surface area (Å²) in [7, 11) is 0. The highest BCUT2D eigenvalue weighted by atomic mass is 32.1. The Bertz CT molecular complexity index is 876. The lowest BCUT2D eigenvalue weighted by molar-refractivity contribution is -0.119. The maximum absolute atomic E-state index is 11.5. The van der Waals surface area contributed by atoms with E-state index in [1.807, 2.05) is 6.20 Å². The van der Waals surface area contributed by atoms with E-state index in [-0.39, 0.29) is 11.9 Å². The Hall–Kier alpha value is -2.11. The standard InChI is InChI=1S/C20H23N3OS/c21-20(24)12-17(23-7-1-2-8-23)11-18-10-16(13-25-18)14-3-4-19-15(9-14)5-6-22-19/h3-6,9-10,13,17,22H,1-2,7-8,11-12H2,(H2,21,24). The highest BCUT2D eigenvalue weighted by Gasteiger charge is 2.24. The molecule has 5 heteroatoms. The van der Waals surface area contributed by atoms with Gasteiger partial charge in [0, 0.05) is 29.1 Å². The molecule has 0 spiro atoms. The zero-order valence-corrected chi connectivity index (χ0v) is 15.0. The maximum Gasteiger partial charge on any atom is 0.219 e. The lowest BCUT2D eigenvalue weighted by atomic mass is 10.0. The van der Waals surface area contributed by atoms with Crippen molar-refractivity contribution in [3.05, 3.63) is 46.8 Å². The van der Waals surface area contributed by atoms with Crippen LogP contribution in [0.15, 0.2) is 41.9 Å². The van der Waals surface area contributed by atoms with Gasteiger partial charge in [0.05, 0.1) is 0 Å². The Morgan fingerprint density at radius 3 is 2.84 bits per heavy atom. The van der Waals surface area contributed by atoms with Crippen molar-refractivity contribution in [1.29, 1.82) is 0 Å². The molecule has 25 heavy (non-hydrogen) atoms. The first-order valence-corrected chi connectivity index (χ1v) is 9.74. The van der Waals surface area contributed by atoms with E-state index in [4.69, 9.17) is 5.73 Å². The minimum atomic E-state index is -0.202. The summed E-state index contributed by atoms with van der Waals surface area (Å²) in [5.41, 5.74) is 9.14. The Morgan fingerprint density at radius 1 is 1.20 bits per heavy atom. The van der Waals surface area contributed by atoms with Gasteiger partial charge in [0.15, 0.2) is 0 Å². The number of aromatic nitrogens is 1. The molecule has 130 valence electrons. The number of carbonyl (C=O) groups is 1. The number of hydrogen-bond donors (Lipinski definition) is 2. The van der Waals surface area contributed by atoms with Gasteiger partial charge in [0.2, 0.25) is 5.91 Å². The van der Waals surface area contributed by atoms with Crippen molar-refractivity contribution >= 4 is 28.1 Å². The summed E-state index contributed by atoms with van der Waals surface area (Å²) < 4.78 is 0. The minimum absolute atomic E-state index is 0.202. The monoisotopic (exact) mass is 353 g/mol. The number of hydrogen-bond acceptors (Lipinski definition) is 3. The second kappa shape index (κ2) is 7.02. The fourth-order valence-corrected chi connectivity index (χ4v) is 4.74. The topological polar surface area (TPSA) is 62.1 Å². The number of carbonyl (C=O) groups excluding carboxylic acids is 1. The van der Waals surface area contributed by atoms with E-state index in [1.54, 1.807) is 11.3 Å². The number of nitrogens with zero attached hydrogens (tertiary/aromatic N) is 1. The molecule has 1 aliphatic rings. The Labute approximate surface area is 151 Å². The molecule has 1 amide bonds. The van der Waals surface area contributed by atoms with Crippen molar-refractivity contribution < 1.29 is 4.79 Å². The van der Waals surface area contributed by atoms with E-state index in [0.29, 0.717) is 6.42 Å². The quantitative estimate of drug-likeness (QED) is 0.708. The molecular formula is C20H23N3OS. The second-order valence-electron chi connectivity index (χ2n) is 6.85. The third-order valence-corrected chi connectivity index (χ3v) is 6.03. The zero-order valence-electron chi connectivity index (χ0n) is 14.2. The summed E-state index contributed by atoms with van der Waals surface area (Å²) in [5, 5.41) is 3.45. The van der Waals surface area contributed by atoms with Gasteiger partial charge in [0.1, 0.15) is 0 Å². The van der Waals surface area contributed by atoms with Gasteiger partial charge in [-0.2, -0.15) is 0 Å². The molecule has 0 saturated carbocycles. The second-order valence-corrected chi connectivity index (χ2v) is 7.85. The Balaban J connectivity index is 1.53. The third kappa shape index (κ3) is 3.62. The summed E-state index contributed by atoms with van der Waals surface area (Å²) in [6, 6.07) is 11.1. The minimum Gasteiger partial charge on any atom is -0.370 e. The maximum atomic E-state index is 11.5. The molecule has 3 heterocycles. The van der Waals surface area contributed by atoms with Gasteiger partial charge in [-0.05, 0) is 78.5 Å². The first-order valence-electron chi connectivity index (χ1n) is 8.86. The number of fused-ring (bicyclic) bond motifs is 1. The van der Waals surface area contributed by atoms with Crippen LogP contribution in [0.25, 0.3) is 22.0 Å². The fourth-order valence-electron chi connectivity index (χ4n) is 3.77. The van der Waals surface area contributed by atoms with Gasteiger partial charge in [-0.1, -0.05) is 6.07 Å². The molecule has 3 aromatic rings. The number of amides is 1. The van der Waals surface area contributed by atoms with Gasteiger partial charge in [-0.25, -0.2) is 0 Å². The van der Waals surface area contributed by atoms with Crippen LogP contribution < -0.4 is 5.73 Å². The van der Waals surface area contributed by atoms with Crippen molar-refractivity contribution in [2.24, 2.45) is 5.73 Å². The predicted molar refractivity (Wildman–Crippen MR) is 104 cm³/mol. The first-order chi connectivity index (χ1) is 12.2. The van der Waals surface area contributed by atoms with Crippen molar-refractivity contribution in [2.45, 2.75) is 31.7 Å². The molecule has 4 rings (SSSR count). The Kier molecular flexibility index (Phi) is 4.59. The molecule has 1 atom stereocenters.